The summed E-state index contributed by atoms with van der Waals surface area (Å²) in [5, 5.41) is 7.60. The van der Waals surface area contributed by atoms with Crippen LogP contribution in [-0.2, 0) is 15.0 Å². The summed E-state index contributed by atoms with van der Waals surface area (Å²) in [6.45, 7) is 1.70. The van der Waals surface area contributed by atoms with Crippen LogP contribution in [0, 0.1) is 0 Å². The predicted octanol–water partition coefficient (Wildman–Crippen LogP) is 4.33. The molecule has 156 valence electrons. The molecule has 2 aromatic rings. The second-order valence-corrected chi connectivity index (χ2v) is 10.4. The van der Waals surface area contributed by atoms with Crippen LogP contribution in [0.15, 0.2) is 28.7 Å². The minimum Gasteiger partial charge on any atom is -0.387 e. The Kier molecular flexibility index (Phi) is 6.04. The van der Waals surface area contributed by atoms with Crippen LogP contribution in [0.4, 0.5) is 0 Å². The van der Waals surface area contributed by atoms with Crippen LogP contribution in [-0.4, -0.2) is 42.9 Å². The van der Waals surface area contributed by atoms with E-state index in [2.05, 4.69) is 5.16 Å². The predicted molar refractivity (Wildman–Crippen MR) is 113 cm³/mol. The molecule has 4 rings (SSSR count). The van der Waals surface area contributed by atoms with Crippen molar-refractivity contribution in [1.82, 2.24) is 9.40 Å². The van der Waals surface area contributed by atoms with Gasteiger partial charge in [-0.2, -0.15) is 8.42 Å². The number of oxime groups is 1. The minimum absolute atomic E-state index is 0.147. The van der Waals surface area contributed by atoms with Crippen LogP contribution in [0.3, 0.4) is 0 Å². The zero-order valence-corrected chi connectivity index (χ0v) is 18.7. The summed E-state index contributed by atoms with van der Waals surface area (Å²) in [6, 6.07) is 4.84. The van der Waals surface area contributed by atoms with E-state index in [1.165, 1.54) is 0 Å². The summed E-state index contributed by atoms with van der Waals surface area (Å²) >= 11 is 14.0. The first kappa shape index (κ1) is 20.9. The first-order valence-electron chi connectivity index (χ1n) is 9.07. The highest BCUT2D eigenvalue weighted by Gasteiger charge is 2.31. The van der Waals surface area contributed by atoms with Crippen molar-refractivity contribution < 1.29 is 17.4 Å². The van der Waals surface area contributed by atoms with E-state index < -0.39 is 16.2 Å². The van der Waals surface area contributed by atoms with Crippen molar-refractivity contribution in [2.75, 3.05) is 19.3 Å². The fourth-order valence-electron chi connectivity index (χ4n) is 3.45. The van der Waals surface area contributed by atoms with Crippen molar-refractivity contribution in [3.05, 3.63) is 44.9 Å². The van der Waals surface area contributed by atoms with Gasteiger partial charge in [0.15, 0.2) is 11.9 Å². The molecular weight excluding hydrogens is 457 g/mol. The van der Waals surface area contributed by atoms with Gasteiger partial charge in [-0.1, -0.05) is 22.8 Å². The van der Waals surface area contributed by atoms with E-state index in [-0.39, 0.29) is 5.75 Å². The van der Waals surface area contributed by atoms with Gasteiger partial charge in [0, 0.05) is 30.8 Å². The molecule has 3 heterocycles. The van der Waals surface area contributed by atoms with Gasteiger partial charge in [0.1, 0.15) is 5.71 Å². The van der Waals surface area contributed by atoms with Crippen molar-refractivity contribution in [2.24, 2.45) is 5.16 Å². The van der Waals surface area contributed by atoms with Crippen LogP contribution >= 0.6 is 34.7 Å². The van der Waals surface area contributed by atoms with Crippen molar-refractivity contribution in [3.63, 3.8) is 0 Å². The van der Waals surface area contributed by atoms with Crippen LogP contribution in [0.2, 0.25) is 5.02 Å². The molecule has 0 saturated carbocycles. The zero-order chi connectivity index (χ0) is 20.6. The first-order chi connectivity index (χ1) is 13.8. The zero-order valence-electron chi connectivity index (χ0n) is 15.5. The van der Waals surface area contributed by atoms with Gasteiger partial charge in [-0.05, 0) is 36.8 Å². The largest absolute Gasteiger partial charge is 0.387 e. The molecule has 29 heavy (non-hydrogen) atoms. The lowest BCUT2D eigenvalue weighted by molar-refractivity contribution is 0.0846. The molecule has 0 bridgehead atoms. The molecule has 7 nitrogen and oxygen atoms in total. The monoisotopic (exact) mass is 475 g/mol. The Hall–Kier alpha value is -1.39. The Balaban J connectivity index is 1.50. The number of halogens is 2. The lowest BCUT2D eigenvalue weighted by Gasteiger charge is -2.25. The van der Waals surface area contributed by atoms with E-state index in [1.54, 1.807) is 29.5 Å². The number of benzene rings is 1. The molecule has 1 atom stereocenters. The van der Waals surface area contributed by atoms with Gasteiger partial charge in [0.05, 0.1) is 27.5 Å². The number of hydrogen-bond donors (Lipinski definition) is 0. The highest BCUT2D eigenvalue weighted by atomic mass is 35.5. The van der Waals surface area contributed by atoms with E-state index in [0.717, 1.165) is 42.9 Å². The Labute approximate surface area is 183 Å². The summed E-state index contributed by atoms with van der Waals surface area (Å²) in [4.78, 5) is 10.3. The van der Waals surface area contributed by atoms with E-state index >= 15 is 0 Å². The summed E-state index contributed by atoms with van der Waals surface area (Å²) in [6.07, 6.45) is 2.83. The maximum Gasteiger partial charge on any atom is 0.306 e. The van der Waals surface area contributed by atoms with E-state index in [9.17, 15) is 8.42 Å². The van der Waals surface area contributed by atoms with Crippen molar-refractivity contribution in [3.8, 4) is 5.75 Å². The normalized spacial score (nSPS) is 21.1. The van der Waals surface area contributed by atoms with Gasteiger partial charge in [-0.3, -0.25) is 0 Å². The average Bonchev–Trinajstić information content (AvgIpc) is 3.30. The molecule has 1 fully saturated rings. The highest BCUT2D eigenvalue weighted by Crippen LogP contribution is 2.40. The molecule has 2 aliphatic rings. The van der Waals surface area contributed by atoms with E-state index in [1.807, 2.05) is 9.80 Å². The maximum absolute atomic E-state index is 11.6. The Bertz CT molecular complexity index is 1030. The van der Waals surface area contributed by atoms with Gasteiger partial charge >= 0.3 is 10.1 Å². The Morgan fingerprint density at radius 3 is 2.79 bits per heavy atom. The lowest BCUT2D eigenvalue weighted by Crippen LogP contribution is -2.25. The SMILES string of the molecule is CS(=O)(=O)Oc1cccc(Cl)c1C1CC(c2csc(C3CCN(Cl)CC3)n2)=NO1. The van der Waals surface area contributed by atoms with Crippen LogP contribution in [0.25, 0.3) is 0 Å². The number of hydrogen-bond acceptors (Lipinski definition) is 8. The van der Waals surface area contributed by atoms with Crippen LogP contribution < -0.4 is 4.18 Å². The second-order valence-electron chi connectivity index (χ2n) is 7.03. The number of nitrogens with zero attached hydrogens (tertiary/aromatic N) is 3. The molecule has 1 saturated heterocycles. The second kappa shape index (κ2) is 8.39. The molecule has 1 unspecified atom stereocenters. The summed E-state index contributed by atoms with van der Waals surface area (Å²) in [7, 11) is -3.70. The first-order valence-corrected chi connectivity index (χ1v) is 12.5. The van der Waals surface area contributed by atoms with Crippen LogP contribution in [0.1, 0.15) is 47.5 Å². The number of aromatic nitrogens is 1. The summed E-state index contributed by atoms with van der Waals surface area (Å²) in [5.41, 5.74) is 1.94. The third kappa shape index (κ3) is 4.86. The minimum atomic E-state index is -3.70. The summed E-state index contributed by atoms with van der Waals surface area (Å²) < 4.78 is 30.1. The van der Waals surface area contributed by atoms with Gasteiger partial charge < -0.3 is 9.02 Å². The molecule has 1 aromatic heterocycles. The quantitative estimate of drug-likeness (QED) is 0.472. The topological polar surface area (TPSA) is 81.1 Å². The molecule has 0 spiro atoms. The van der Waals surface area contributed by atoms with Crippen molar-refractivity contribution in [2.45, 2.75) is 31.3 Å². The molecule has 0 aliphatic carbocycles. The summed E-state index contributed by atoms with van der Waals surface area (Å²) in [5.74, 6) is 0.550. The third-order valence-corrected chi connectivity index (χ3v) is 7.01. The van der Waals surface area contributed by atoms with E-state index in [0.29, 0.717) is 28.6 Å². The fourth-order valence-corrected chi connectivity index (χ4v) is 5.41. The van der Waals surface area contributed by atoms with Crippen LogP contribution in [0.5, 0.6) is 5.75 Å². The number of piperidine rings is 1. The highest BCUT2D eigenvalue weighted by molar-refractivity contribution is 7.86. The van der Waals surface area contributed by atoms with Gasteiger partial charge in [0.25, 0.3) is 0 Å². The molecule has 1 aromatic carbocycles. The number of thiazole rings is 1. The van der Waals surface area contributed by atoms with Gasteiger partial charge in [0.2, 0.25) is 0 Å². The molecule has 11 heteroatoms. The maximum atomic E-state index is 11.6. The standard InChI is InChI=1S/C18H19Cl2N3O4S2/c1-29(24,25)27-15-4-2-3-12(19)17(15)16-9-13(22-26-16)14-10-28-18(21-14)11-5-7-23(20)8-6-11/h2-4,10-11,16H,5-9H2,1H3. The van der Waals surface area contributed by atoms with Gasteiger partial charge in [-0.25, -0.2) is 9.40 Å². The molecule has 2 aliphatic heterocycles. The fraction of sp³-hybridized carbons (Fsp3) is 0.444. The van der Waals surface area contributed by atoms with Crippen molar-refractivity contribution >= 4 is 50.5 Å². The molecule has 0 N–H and O–H groups in total. The Morgan fingerprint density at radius 2 is 2.07 bits per heavy atom. The molecular formula is C18H19Cl2N3O4S2. The Morgan fingerprint density at radius 1 is 1.31 bits per heavy atom. The average molecular weight is 476 g/mol. The lowest BCUT2D eigenvalue weighted by atomic mass is 9.99. The van der Waals surface area contributed by atoms with Gasteiger partial charge in [-0.15, -0.1) is 11.3 Å². The molecule has 0 radical (unpaired) electrons. The molecule has 0 amide bonds. The van der Waals surface area contributed by atoms with Crippen molar-refractivity contribution in [1.29, 1.82) is 0 Å². The number of rotatable bonds is 5. The van der Waals surface area contributed by atoms with E-state index in [4.69, 9.17) is 37.4 Å². The third-order valence-electron chi connectivity index (χ3n) is 4.85. The smallest absolute Gasteiger partial charge is 0.306 e.